The number of hydrogen-bond donors (Lipinski definition) is 0. The molecule has 0 N–H and O–H groups in total. The molecule has 0 heterocycles. The summed E-state index contributed by atoms with van der Waals surface area (Å²) < 4.78 is 22.6. The highest BCUT2D eigenvalue weighted by atomic mass is 16.7. The van der Waals surface area contributed by atoms with Crippen LogP contribution in [0.1, 0.15) is 194 Å². The number of ether oxygens (including phenoxy) is 4. The third kappa shape index (κ3) is 53.3. The van der Waals surface area contributed by atoms with Crippen LogP contribution < -0.4 is 5.11 Å². The summed E-state index contributed by atoms with van der Waals surface area (Å²) in [7, 11) is 5.89. The quantitative estimate of drug-likeness (QED) is 0.0195. The van der Waals surface area contributed by atoms with Crippen LogP contribution in [0.3, 0.4) is 0 Å². The number of quaternary nitrogens is 1. The molecule has 0 aliphatic carbocycles. The topological polar surface area (TPSA) is 111 Å². The van der Waals surface area contributed by atoms with Gasteiger partial charge in [0, 0.05) is 12.8 Å². The van der Waals surface area contributed by atoms with Gasteiger partial charge in [0.25, 0.3) is 0 Å². The molecule has 9 nitrogen and oxygen atoms in total. The molecule has 0 amide bonds. The molecule has 0 radical (unpaired) electrons. The van der Waals surface area contributed by atoms with Gasteiger partial charge in [-0.05, 0) is 109 Å². The minimum Gasteiger partial charge on any atom is -0.545 e. The van der Waals surface area contributed by atoms with Crippen molar-refractivity contribution < 1.29 is 42.9 Å². The Morgan fingerprint density at radius 3 is 1.21 bits per heavy atom. The van der Waals surface area contributed by atoms with Crippen LogP contribution in [0.15, 0.2) is 122 Å². The van der Waals surface area contributed by atoms with Crippen molar-refractivity contribution in [3.8, 4) is 0 Å². The molecule has 402 valence electrons. The predicted octanol–water partition coefficient (Wildman–Crippen LogP) is 14.8. The van der Waals surface area contributed by atoms with Crippen LogP contribution in [0.4, 0.5) is 0 Å². The zero-order valence-corrected chi connectivity index (χ0v) is 45.5. The molecule has 0 spiro atoms. The van der Waals surface area contributed by atoms with Gasteiger partial charge in [0.05, 0.1) is 40.3 Å². The van der Waals surface area contributed by atoms with E-state index in [0.717, 1.165) is 116 Å². The first-order valence-electron chi connectivity index (χ1n) is 27.7. The number of unbranched alkanes of at least 4 members (excludes halogenated alkanes) is 14. The lowest BCUT2D eigenvalue weighted by molar-refractivity contribution is -0.870. The average Bonchev–Trinajstić information content (AvgIpc) is 3.34. The number of nitrogens with zero attached hydrogens (tertiary/aromatic N) is 1. The molecule has 0 fully saturated rings. The average molecular weight is 988 g/mol. The van der Waals surface area contributed by atoms with Crippen LogP contribution >= 0.6 is 0 Å². The Labute approximate surface area is 434 Å². The van der Waals surface area contributed by atoms with Gasteiger partial charge >= 0.3 is 11.9 Å². The van der Waals surface area contributed by atoms with Crippen LogP contribution in [0.2, 0.25) is 0 Å². The number of rotatable bonds is 49. The largest absolute Gasteiger partial charge is 0.545 e. The molecule has 0 aromatic carbocycles. The third-order valence-corrected chi connectivity index (χ3v) is 11.2. The highest BCUT2D eigenvalue weighted by Crippen LogP contribution is 2.12. The highest BCUT2D eigenvalue weighted by molar-refractivity contribution is 5.70. The van der Waals surface area contributed by atoms with Crippen LogP contribution in [-0.4, -0.2) is 82.3 Å². The van der Waals surface area contributed by atoms with Gasteiger partial charge in [-0.2, -0.15) is 0 Å². The van der Waals surface area contributed by atoms with Crippen molar-refractivity contribution in [2.75, 3.05) is 47.5 Å². The van der Waals surface area contributed by atoms with E-state index in [0.29, 0.717) is 23.9 Å². The van der Waals surface area contributed by atoms with Gasteiger partial charge in [-0.15, -0.1) is 0 Å². The van der Waals surface area contributed by atoms with Crippen molar-refractivity contribution in [1.82, 2.24) is 0 Å². The zero-order valence-electron chi connectivity index (χ0n) is 45.5. The van der Waals surface area contributed by atoms with Gasteiger partial charge in [0.1, 0.15) is 13.2 Å². The number of carbonyl (C=O) groups excluding carboxylic acids is 3. The fraction of sp³-hybridized carbons (Fsp3) is 0.629. The monoisotopic (exact) mass is 988 g/mol. The molecule has 0 bridgehead atoms. The SMILES string of the molecule is CC/C=C\C/C=C\C/C=C\C/C=C\C/C=C\C/C=C\C/C=C\CCCCCC(=O)OC(COC(=O)CCCCCCCC/C=C\C/C=C\C/C=C\CCCCCCC)COC(OCC[N+](C)(C)C)C(=O)[O-]. The fourth-order valence-electron chi connectivity index (χ4n) is 6.93. The zero-order chi connectivity index (χ0) is 52.0. The van der Waals surface area contributed by atoms with Crippen molar-refractivity contribution in [3.63, 3.8) is 0 Å². The first-order valence-corrected chi connectivity index (χ1v) is 27.7. The van der Waals surface area contributed by atoms with Crippen molar-refractivity contribution in [1.29, 1.82) is 0 Å². The number of esters is 2. The molecule has 0 aliphatic heterocycles. The summed E-state index contributed by atoms with van der Waals surface area (Å²) in [5.41, 5.74) is 0. The van der Waals surface area contributed by atoms with Crippen molar-refractivity contribution >= 4 is 17.9 Å². The van der Waals surface area contributed by atoms with Crippen LogP contribution in [0.5, 0.6) is 0 Å². The van der Waals surface area contributed by atoms with E-state index in [1.165, 1.54) is 38.5 Å². The maximum atomic E-state index is 12.8. The Balaban J connectivity index is 4.44. The smallest absolute Gasteiger partial charge is 0.306 e. The summed E-state index contributed by atoms with van der Waals surface area (Å²) in [6.07, 6.45) is 69.5. The molecule has 0 aliphatic rings. The lowest BCUT2D eigenvalue weighted by atomic mass is 10.1. The maximum absolute atomic E-state index is 12.8. The molecule has 0 rings (SSSR count). The molecule has 0 saturated heterocycles. The second-order valence-electron chi connectivity index (χ2n) is 19.1. The van der Waals surface area contributed by atoms with E-state index >= 15 is 0 Å². The second kappa shape index (κ2) is 52.0. The van der Waals surface area contributed by atoms with Crippen molar-refractivity contribution in [2.45, 2.75) is 206 Å². The minimum atomic E-state index is -1.64. The Morgan fingerprint density at radius 1 is 0.437 bits per heavy atom. The Bertz CT molecular complexity index is 1570. The lowest BCUT2D eigenvalue weighted by Gasteiger charge is -2.26. The molecular formula is C62H101NO8. The molecule has 9 heteroatoms. The van der Waals surface area contributed by atoms with Crippen molar-refractivity contribution in [3.05, 3.63) is 122 Å². The summed E-state index contributed by atoms with van der Waals surface area (Å²) in [6.45, 7) is 4.54. The minimum absolute atomic E-state index is 0.131. The molecule has 0 aromatic heterocycles. The van der Waals surface area contributed by atoms with E-state index in [9.17, 15) is 19.5 Å². The van der Waals surface area contributed by atoms with Gasteiger partial charge in [0.2, 0.25) is 0 Å². The first kappa shape index (κ1) is 66.7. The highest BCUT2D eigenvalue weighted by Gasteiger charge is 2.21. The number of carbonyl (C=O) groups is 3. The number of allylic oxidation sites excluding steroid dienone is 20. The van der Waals surface area contributed by atoms with Gasteiger partial charge < -0.3 is 33.3 Å². The number of hydrogen-bond acceptors (Lipinski definition) is 8. The molecule has 0 aromatic rings. The lowest BCUT2D eigenvalue weighted by Crippen LogP contribution is -2.44. The molecule has 2 unspecified atom stereocenters. The molecular weight excluding hydrogens is 887 g/mol. The van der Waals surface area contributed by atoms with Crippen molar-refractivity contribution in [2.24, 2.45) is 0 Å². The number of carboxylic acids is 1. The van der Waals surface area contributed by atoms with Gasteiger partial charge in [0.15, 0.2) is 12.4 Å². The molecule has 0 saturated carbocycles. The molecule has 71 heavy (non-hydrogen) atoms. The second-order valence-corrected chi connectivity index (χ2v) is 19.1. The summed E-state index contributed by atoms with van der Waals surface area (Å²) in [4.78, 5) is 37.2. The van der Waals surface area contributed by atoms with E-state index in [2.05, 4.69) is 135 Å². The maximum Gasteiger partial charge on any atom is 0.306 e. The number of aliphatic carboxylic acids is 1. The van der Waals surface area contributed by atoms with Crippen LogP contribution in [0, 0.1) is 0 Å². The van der Waals surface area contributed by atoms with Gasteiger partial charge in [-0.25, -0.2) is 0 Å². The molecule has 2 atom stereocenters. The Kier molecular flexibility index (Phi) is 48.9. The van der Waals surface area contributed by atoms with E-state index in [1.807, 2.05) is 21.1 Å². The number of carboxylic acid groups (broad SMARTS) is 1. The summed E-state index contributed by atoms with van der Waals surface area (Å²) in [5, 5.41) is 11.8. The predicted molar refractivity (Wildman–Crippen MR) is 296 cm³/mol. The summed E-state index contributed by atoms with van der Waals surface area (Å²) in [5.74, 6) is -2.36. The summed E-state index contributed by atoms with van der Waals surface area (Å²) in [6, 6.07) is 0. The third-order valence-electron chi connectivity index (χ3n) is 11.2. The fourth-order valence-corrected chi connectivity index (χ4v) is 6.93. The van der Waals surface area contributed by atoms with E-state index < -0.39 is 24.3 Å². The Morgan fingerprint density at radius 2 is 0.803 bits per heavy atom. The van der Waals surface area contributed by atoms with E-state index in [-0.39, 0.29) is 38.6 Å². The normalized spacial score (nSPS) is 13.8. The summed E-state index contributed by atoms with van der Waals surface area (Å²) >= 11 is 0. The van der Waals surface area contributed by atoms with Gasteiger partial charge in [-0.1, -0.05) is 193 Å². The standard InChI is InChI=1S/C62H101NO8/c1-6-8-10-12-14-16-18-20-22-24-26-28-29-30-31-33-35-37-39-41-43-45-47-49-51-53-60(65)71-58(57-70-62(61(66)67)68-55-54-63(3,4)5)56-69-59(64)52-50-48-46-44-42-40-38-36-34-32-27-25-23-21-19-17-15-13-11-9-7-2/h8,10,14,16,19-22,25-28,30-31,34-37,41,43,58,62H,6-7,9,11-13,15,17-18,23-24,29,32-33,38-40,42,44-57H2,1-5H3/b10-8-,16-14-,21-19-,22-20-,27-25-,28-26-,31-30-,36-34-,37-35-,43-41-. The van der Waals surface area contributed by atoms with Gasteiger partial charge in [-0.3, -0.25) is 9.59 Å². The van der Waals surface area contributed by atoms with E-state index in [4.69, 9.17) is 18.9 Å². The van der Waals surface area contributed by atoms with Crippen LogP contribution in [0.25, 0.3) is 0 Å². The van der Waals surface area contributed by atoms with E-state index in [1.54, 1.807) is 0 Å². The number of likely N-dealkylation sites (N-methyl/N-ethyl adjacent to an activating group) is 1. The van der Waals surface area contributed by atoms with Crippen LogP contribution in [-0.2, 0) is 33.3 Å². The first-order chi connectivity index (χ1) is 34.6. The Hall–Kier alpha value is -4.31.